The van der Waals surface area contributed by atoms with Gasteiger partial charge in [0.05, 0.1) is 12.1 Å². The zero-order chi connectivity index (χ0) is 6.41. The van der Waals surface area contributed by atoms with E-state index in [0.29, 0.717) is 12.1 Å². The Morgan fingerprint density at radius 1 is 1.75 bits per heavy atom. The molecule has 0 bridgehead atoms. The third-order valence-corrected chi connectivity index (χ3v) is 1.25. The van der Waals surface area contributed by atoms with Crippen LogP contribution in [0.25, 0.3) is 0 Å². The van der Waals surface area contributed by atoms with E-state index >= 15 is 0 Å². The molecule has 0 aliphatic carbocycles. The first kappa shape index (κ1) is 7.68. The highest BCUT2D eigenvalue weighted by atomic mass is 32.2. The minimum absolute atomic E-state index is 0.662. The summed E-state index contributed by atoms with van der Waals surface area (Å²) >= 11 is 0.662. The highest BCUT2D eigenvalue weighted by Crippen LogP contribution is 1.91. The van der Waals surface area contributed by atoms with Gasteiger partial charge >= 0.3 is 14.7 Å². The van der Waals surface area contributed by atoms with Gasteiger partial charge in [0.25, 0.3) is 0 Å². The fourth-order valence-corrected chi connectivity index (χ4v) is 0.548. The maximum Gasteiger partial charge on any atom is 0.430 e. The summed E-state index contributed by atoms with van der Waals surface area (Å²) in [6.07, 6.45) is -1.17. The molecule has 3 N–H and O–H groups in total. The molecule has 5 nitrogen and oxygen atoms in total. The van der Waals surface area contributed by atoms with Crippen molar-refractivity contribution < 1.29 is 14.5 Å². The number of rotatable bonds is 3. The van der Waals surface area contributed by atoms with Crippen LogP contribution in [0.5, 0.6) is 0 Å². The second-order valence-electron chi connectivity index (χ2n) is 0.713. The molecule has 0 saturated heterocycles. The van der Waals surface area contributed by atoms with Crippen LogP contribution in [-0.4, -0.2) is 11.2 Å². The molecule has 0 radical (unpaired) electrons. The summed E-state index contributed by atoms with van der Waals surface area (Å²) < 4.78 is 13.6. The molecule has 0 saturated carbocycles. The van der Waals surface area contributed by atoms with Gasteiger partial charge in [0.1, 0.15) is 0 Å². The molecule has 0 fully saturated rings. The topological polar surface area (TPSA) is 78.4 Å². The Hall–Kier alpha value is -0.320. The zero-order valence-electron chi connectivity index (χ0n) is 3.67. The molecule has 1 unspecified atom stereocenters. The first-order valence-electron chi connectivity index (χ1n) is 1.54. The summed E-state index contributed by atoms with van der Waals surface area (Å²) in [4.78, 5) is 9.60. The third kappa shape index (κ3) is 5.68. The molecule has 0 rings (SSSR count). The third-order valence-electron chi connectivity index (χ3n) is 0.231. The van der Waals surface area contributed by atoms with Crippen molar-refractivity contribution in [3.63, 3.8) is 0 Å². The highest BCUT2D eigenvalue weighted by molar-refractivity contribution is 7.98. The molecular formula is CH4N2O3PS+. The minimum Gasteiger partial charge on any atom is -0.464 e. The number of carbonyl (C=O) groups is 1. The fraction of sp³-hybridized carbons (Fsp3) is 0. The van der Waals surface area contributed by atoms with Crippen molar-refractivity contribution in [2.45, 2.75) is 0 Å². The Balaban J connectivity index is 2.93. The molecule has 0 aliphatic heterocycles. The minimum atomic E-state index is -1.17. The monoisotopic (exact) mass is 155 g/mol. The highest BCUT2D eigenvalue weighted by Gasteiger charge is 1.93. The molecule has 0 spiro atoms. The lowest BCUT2D eigenvalue weighted by Crippen LogP contribution is -2.14. The molecule has 1 amide bonds. The van der Waals surface area contributed by atoms with E-state index in [1.165, 1.54) is 0 Å². The largest absolute Gasteiger partial charge is 0.464 e. The fourth-order valence-electron chi connectivity index (χ4n) is 0.0900. The Morgan fingerprint density at radius 2 is 2.38 bits per heavy atom. The van der Waals surface area contributed by atoms with Crippen molar-refractivity contribution in [2.24, 2.45) is 0 Å². The van der Waals surface area contributed by atoms with E-state index in [1.807, 2.05) is 4.72 Å². The van der Waals surface area contributed by atoms with Crippen molar-refractivity contribution in [1.82, 2.24) is 9.21 Å². The van der Waals surface area contributed by atoms with Gasteiger partial charge in [0, 0.05) is 0 Å². The van der Waals surface area contributed by atoms with Crippen LogP contribution >= 0.6 is 20.7 Å². The first-order chi connectivity index (χ1) is 3.77. The second-order valence-corrected chi connectivity index (χ2v) is 2.14. The van der Waals surface area contributed by atoms with Crippen LogP contribution in [0, 0.1) is 0 Å². The van der Waals surface area contributed by atoms with Crippen LogP contribution in [0.3, 0.4) is 0 Å². The number of amides is 1. The maximum atomic E-state index is 9.60. The van der Waals surface area contributed by atoms with Crippen molar-refractivity contribution in [3.05, 3.63) is 0 Å². The molecule has 46 valence electrons. The molecule has 0 aliphatic rings. The van der Waals surface area contributed by atoms with Crippen LogP contribution in [0.2, 0.25) is 0 Å². The van der Waals surface area contributed by atoms with Gasteiger partial charge in [-0.25, -0.2) is 9.52 Å². The molecule has 0 heterocycles. The quantitative estimate of drug-likeness (QED) is 0.311. The predicted molar refractivity (Wildman–Crippen MR) is 30.9 cm³/mol. The van der Waals surface area contributed by atoms with Gasteiger partial charge in [-0.2, -0.15) is 0 Å². The van der Waals surface area contributed by atoms with Gasteiger partial charge in [-0.05, 0) is 4.49 Å². The van der Waals surface area contributed by atoms with Crippen LogP contribution in [0.15, 0.2) is 0 Å². The van der Waals surface area contributed by atoms with Gasteiger partial charge < -0.3 is 5.11 Å². The van der Waals surface area contributed by atoms with E-state index in [9.17, 15) is 9.36 Å². The molecule has 0 aromatic heterocycles. The average Bonchev–Trinajstić information content (AvgIpc) is 1.66. The van der Waals surface area contributed by atoms with Crippen molar-refractivity contribution in [1.29, 1.82) is 0 Å². The first-order valence-corrected chi connectivity index (χ1v) is 3.26. The summed E-state index contributed by atoms with van der Waals surface area (Å²) in [5, 5.41) is 7.87. The SMILES string of the molecule is O=[PH+]NSNC(=O)O. The molecule has 0 aromatic rings. The summed E-state index contributed by atoms with van der Waals surface area (Å²) in [5.74, 6) is 0. The van der Waals surface area contributed by atoms with Crippen molar-refractivity contribution in [2.75, 3.05) is 0 Å². The molecular weight excluding hydrogens is 151 g/mol. The zero-order valence-corrected chi connectivity index (χ0v) is 5.49. The number of hydrogen-bond donors (Lipinski definition) is 3. The summed E-state index contributed by atoms with van der Waals surface area (Å²) in [6, 6.07) is 0. The van der Waals surface area contributed by atoms with Gasteiger partial charge in [-0.1, -0.05) is 4.57 Å². The van der Waals surface area contributed by atoms with E-state index in [0.717, 1.165) is 0 Å². The Labute approximate surface area is 51.4 Å². The normalized spacial score (nSPS) is 9.00. The van der Waals surface area contributed by atoms with Gasteiger partial charge in [0.2, 0.25) is 0 Å². The molecule has 7 heteroatoms. The Kier molecular flexibility index (Phi) is 4.64. The van der Waals surface area contributed by atoms with E-state index in [4.69, 9.17) is 5.11 Å². The van der Waals surface area contributed by atoms with E-state index in [1.54, 1.807) is 0 Å². The van der Waals surface area contributed by atoms with Crippen molar-refractivity contribution >= 4 is 26.8 Å². The maximum absolute atomic E-state index is 9.60. The lowest BCUT2D eigenvalue weighted by molar-refractivity contribution is 0.202. The van der Waals surface area contributed by atoms with Gasteiger partial charge in [0.15, 0.2) is 0 Å². The standard InChI is InChI=1S/CH3N2O3PS/c4-1(5)2-8-3-7-6/h2H,(H,3,6)(H,4,5)/p+1. The van der Waals surface area contributed by atoms with Gasteiger partial charge in [-0.15, -0.1) is 0 Å². The second kappa shape index (κ2) is 4.83. The van der Waals surface area contributed by atoms with Crippen LogP contribution in [-0.2, 0) is 4.57 Å². The number of carboxylic acid groups (broad SMARTS) is 1. The van der Waals surface area contributed by atoms with E-state index in [2.05, 4.69) is 4.49 Å². The lowest BCUT2D eigenvalue weighted by atomic mass is 11.3. The Bertz CT molecular complexity index is 97.3. The smallest absolute Gasteiger partial charge is 0.430 e. The number of nitrogens with one attached hydrogen (secondary N) is 2. The van der Waals surface area contributed by atoms with Crippen LogP contribution in [0.4, 0.5) is 4.79 Å². The van der Waals surface area contributed by atoms with E-state index < -0.39 is 14.7 Å². The van der Waals surface area contributed by atoms with Crippen LogP contribution < -0.4 is 9.21 Å². The summed E-state index contributed by atoms with van der Waals surface area (Å²) in [7, 11) is -0.706. The van der Waals surface area contributed by atoms with Gasteiger partial charge in [-0.3, -0.25) is 0 Å². The van der Waals surface area contributed by atoms with Crippen molar-refractivity contribution in [3.8, 4) is 0 Å². The molecule has 8 heavy (non-hydrogen) atoms. The summed E-state index contributed by atoms with van der Waals surface area (Å²) in [6.45, 7) is 0. The summed E-state index contributed by atoms with van der Waals surface area (Å²) in [5.41, 5.74) is 0. The van der Waals surface area contributed by atoms with E-state index in [-0.39, 0.29) is 0 Å². The molecule has 1 atom stereocenters. The predicted octanol–water partition coefficient (Wildman–Crippen LogP) is 0.346. The average molecular weight is 155 g/mol. The Morgan fingerprint density at radius 3 is 2.75 bits per heavy atom. The lowest BCUT2D eigenvalue weighted by Gasteiger charge is -1.87. The number of hydrogen-bond acceptors (Lipinski definition) is 3. The van der Waals surface area contributed by atoms with Crippen LogP contribution in [0.1, 0.15) is 0 Å². The molecule has 0 aromatic carbocycles.